The van der Waals surface area contributed by atoms with E-state index in [2.05, 4.69) is 9.98 Å². The normalized spacial score (nSPS) is 17.0. The average Bonchev–Trinajstić information content (AvgIpc) is 4.16. The molecule has 16 N–H and O–H groups in total. The zero-order chi connectivity index (χ0) is 50.8. The zero-order valence-corrected chi connectivity index (χ0v) is 40.1. The van der Waals surface area contributed by atoms with Crippen molar-refractivity contribution in [2.24, 2.45) is 9.98 Å². The first-order valence-corrected chi connectivity index (χ1v) is 23.2. The minimum absolute atomic E-state index is 0.00660. The van der Waals surface area contributed by atoms with Gasteiger partial charge in [0.2, 0.25) is 0 Å². The highest BCUT2D eigenvalue weighted by molar-refractivity contribution is 7.85. The average molecular weight is 1020 g/mol. The van der Waals surface area contributed by atoms with E-state index in [-0.39, 0.29) is 101 Å². The molecule has 366 valence electrons. The SMILES string of the molecule is CS(=O)(=O)O.Cc1cc(N=C2C(=N)N3CCCN3C2=O)c(N)c(Cl)c1O.Cc1cc(N=C2C(=N)N3CCCN3C2=O)c(N)c(Cl)c1O.Cc1ccc(N)c(Cl)c1O.Nc1c(N)n2n(c1=O)CCC2. The number of aliphatic imine (C=N–C) groups is 2. The first kappa shape index (κ1) is 52.0. The Morgan fingerprint density at radius 3 is 1.34 bits per heavy atom. The van der Waals surface area contributed by atoms with Crippen molar-refractivity contribution in [2.45, 2.75) is 53.1 Å². The Morgan fingerprint density at radius 2 is 0.956 bits per heavy atom. The lowest BCUT2D eigenvalue weighted by molar-refractivity contribution is -0.129. The fraction of sp³-hybridized carbons (Fsp3) is 0.325. The first-order valence-electron chi connectivity index (χ1n) is 20.3. The first-order chi connectivity index (χ1) is 31.7. The van der Waals surface area contributed by atoms with Crippen molar-refractivity contribution in [2.75, 3.05) is 61.1 Å². The number of phenols is 3. The molecule has 4 saturated heterocycles. The number of aromatic hydroxyl groups is 3. The number of benzene rings is 3. The standard InChI is InChI=1S/2C13H14ClN5O2.C7H8ClNO.C6H10N4O.CH4O3S/c2*1-6-5-7(9(15)8(14)11(6)20)17-10-12(16)18-3-2-4-19(18)13(10)21;1-4-2-3-5(9)6(8)7(4)10;7-4-5(8)9-2-1-3-10(9)6(4)11;1-5(2,3)4/h2*5,16,20H,2-4,15H2,1H3;2-3,10H,9H2,1H3;1-3,7-8H2;1H3,(H,2,3,4). The molecule has 0 bridgehead atoms. The Balaban J connectivity index is 0.000000171. The highest BCUT2D eigenvalue weighted by Gasteiger charge is 2.43. The molecule has 2 amide bonds. The minimum Gasteiger partial charge on any atom is -0.506 e. The van der Waals surface area contributed by atoms with E-state index in [1.165, 1.54) is 10.0 Å². The van der Waals surface area contributed by atoms with Crippen LogP contribution in [0.5, 0.6) is 17.2 Å². The third-order valence-electron chi connectivity index (χ3n) is 10.7. The summed E-state index contributed by atoms with van der Waals surface area (Å²) in [5.41, 5.74) is 31.1. The van der Waals surface area contributed by atoms with Crippen LogP contribution in [0.3, 0.4) is 0 Å². The molecular formula is C40H50Cl3N15O9S. The second kappa shape index (κ2) is 20.5. The Morgan fingerprint density at radius 1 is 0.588 bits per heavy atom. The smallest absolute Gasteiger partial charge is 0.294 e. The van der Waals surface area contributed by atoms with Gasteiger partial charge < -0.3 is 44.0 Å². The van der Waals surface area contributed by atoms with Crippen LogP contribution in [0.25, 0.3) is 0 Å². The number of aromatic nitrogens is 2. The summed E-state index contributed by atoms with van der Waals surface area (Å²) in [5, 5.41) is 51.2. The number of carbonyl (C=O) groups excluding carboxylic acids is 2. The number of carbonyl (C=O) groups is 2. The monoisotopic (exact) mass is 1020 g/mol. The predicted octanol–water partition coefficient (Wildman–Crippen LogP) is 3.56. The van der Waals surface area contributed by atoms with Crippen LogP contribution < -0.4 is 34.2 Å². The van der Waals surface area contributed by atoms with Gasteiger partial charge in [0, 0.05) is 39.3 Å². The molecule has 4 fully saturated rings. The molecular weight excluding hydrogens is 973 g/mol. The lowest BCUT2D eigenvalue weighted by Gasteiger charge is -2.17. The van der Waals surface area contributed by atoms with Gasteiger partial charge in [-0.25, -0.2) is 24.7 Å². The Kier molecular flexibility index (Phi) is 15.7. The molecule has 0 radical (unpaired) electrons. The van der Waals surface area contributed by atoms with Gasteiger partial charge in [-0.05, 0) is 74.9 Å². The third kappa shape index (κ3) is 10.8. The number of hydrogen-bond acceptors (Lipinski definition) is 17. The molecule has 6 heterocycles. The molecule has 9 rings (SSSR count). The number of nitrogens with zero attached hydrogens (tertiary/aromatic N) is 8. The molecule has 5 aliphatic rings. The van der Waals surface area contributed by atoms with E-state index in [1.807, 2.05) is 0 Å². The Labute approximate surface area is 404 Å². The lowest BCUT2D eigenvalue weighted by atomic mass is 10.1. The Bertz CT molecular complexity index is 2770. The van der Waals surface area contributed by atoms with Gasteiger partial charge in [-0.15, -0.1) is 0 Å². The van der Waals surface area contributed by atoms with E-state index in [9.17, 15) is 38.1 Å². The molecule has 0 unspecified atom stereocenters. The van der Waals surface area contributed by atoms with Crippen LogP contribution in [0.1, 0.15) is 36.0 Å². The number of anilines is 5. The van der Waals surface area contributed by atoms with Crippen LogP contribution >= 0.6 is 34.8 Å². The van der Waals surface area contributed by atoms with Crippen LogP contribution in [-0.4, -0.2) is 125 Å². The van der Waals surface area contributed by atoms with Crippen LogP contribution in [0.2, 0.25) is 15.1 Å². The molecule has 0 saturated carbocycles. The number of rotatable bonds is 2. The highest BCUT2D eigenvalue weighted by atomic mass is 35.5. The molecule has 1 aromatic heterocycles. The molecule has 0 atom stereocenters. The van der Waals surface area contributed by atoms with Crippen molar-refractivity contribution in [1.29, 1.82) is 10.8 Å². The maximum atomic E-state index is 12.2. The summed E-state index contributed by atoms with van der Waals surface area (Å²) >= 11 is 17.5. The molecule has 24 nitrogen and oxygen atoms in total. The molecule has 4 aromatic rings. The summed E-state index contributed by atoms with van der Waals surface area (Å²) in [7, 11) is -3.67. The van der Waals surface area contributed by atoms with Gasteiger partial charge in [-0.2, -0.15) is 8.42 Å². The number of nitrogen functional groups attached to an aromatic ring is 5. The van der Waals surface area contributed by atoms with Gasteiger partial charge >= 0.3 is 0 Å². The molecule has 5 aliphatic heterocycles. The molecule has 0 spiro atoms. The largest absolute Gasteiger partial charge is 0.506 e. The van der Waals surface area contributed by atoms with Gasteiger partial charge in [0.1, 0.15) is 43.8 Å². The van der Waals surface area contributed by atoms with Gasteiger partial charge in [0.25, 0.3) is 27.5 Å². The number of halogens is 3. The van der Waals surface area contributed by atoms with Gasteiger partial charge in [-0.1, -0.05) is 40.9 Å². The summed E-state index contributed by atoms with van der Waals surface area (Å²) in [4.78, 5) is 44.1. The number of hydrogen-bond donors (Lipinski definition) is 11. The molecule has 3 aromatic carbocycles. The minimum atomic E-state index is -3.67. The number of hydrazine groups is 2. The summed E-state index contributed by atoms with van der Waals surface area (Å²) in [6.45, 7) is 9.07. The van der Waals surface area contributed by atoms with Gasteiger partial charge in [-0.3, -0.25) is 44.5 Å². The summed E-state index contributed by atoms with van der Waals surface area (Å²) in [5.74, 6) is -0.199. The van der Waals surface area contributed by atoms with Crippen molar-refractivity contribution in [3.63, 3.8) is 0 Å². The third-order valence-corrected chi connectivity index (χ3v) is 11.8. The predicted molar refractivity (Wildman–Crippen MR) is 262 cm³/mol. The van der Waals surface area contributed by atoms with Crippen molar-refractivity contribution in [3.8, 4) is 17.2 Å². The topological polar surface area (TPSA) is 392 Å². The van der Waals surface area contributed by atoms with Crippen LogP contribution in [0, 0.1) is 31.6 Å². The molecule has 68 heavy (non-hydrogen) atoms. The van der Waals surface area contributed by atoms with E-state index in [1.54, 1.807) is 64.4 Å². The second-order valence-electron chi connectivity index (χ2n) is 15.6. The van der Waals surface area contributed by atoms with Crippen LogP contribution in [0.15, 0.2) is 39.0 Å². The maximum absolute atomic E-state index is 12.2. The van der Waals surface area contributed by atoms with Gasteiger partial charge in [0.15, 0.2) is 23.1 Å². The summed E-state index contributed by atoms with van der Waals surface area (Å²) < 4.78 is 29.2. The number of fused-ring (bicyclic) bond motifs is 3. The van der Waals surface area contributed by atoms with E-state index in [0.717, 1.165) is 37.9 Å². The van der Waals surface area contributed by atoms with E-state index >= 15 is 0 Å². The number of amides is 2. The number of nitrogens with two attached hydrogens (primary N) is 5. The second-order valence-corrected chi connectivity index (χ2v) is 18.2. The van der Waals surface area contributed by atoms with E-state index in [0.29, 0.717) is 55.1 Å². The van der Waals surface area contributed by atoms with Crippen molar-refractivity contribution < 1.29 is 37.9 Å². The van der Waals surface area contributed by atoms with Crippen molar-refractivity contribution in [3.05, 3.63) is 66.4 Å². The van der Waals surface area contributed by atoms with Crippen LogP contribution in [0.4, 0.5) is 39.9 Å². The highest BCUT2D eigenvalue weighted by Crippen LogP contribution is 2.41. The zero-order valence-electron chi connectivity index (χ0n) is 37.0. The Hall–Kier alpha value is -6.93. The maximum Gasteiger partial charge on any atom is 0.294 e. The fourth-order valence-corrected chi connectivity index (χ4v) is 7.80. The van der Waals surface area contributed by atoms with Crippen molar-refractivity contribution >= 4 is 120 Å². The van der Waals surface area contributed by atoms with E-state index < -0.39 is 10.1 Å². The van der Waals surface area contributed by atoms with E-state index in [4.69, 9.17) is 78.8 Å². The number of phenolic OH excluding ortho intramolecular Hbond substituents is 3. The lowest BCUT2D eigenvalue weighted by Crippen LogP contribution is -2.33. The van der Waals surface area contributed by atoms with Gasteiger partial charge in [0.05, 0.1) is 34.7 Å². The summed E-state index contributed by atoms with van der Waals surface area (Å²) in [6.07, 6.45) is 3.37. The van der Waals surface area contributed by atoms with Crippen molar-refractivity contribution in [1.82, 2.24) is 29.4 Å². The number of amidine groups is 2. The quantitative estimate of drug-likeness (QED) is 0.101. The number of aryl methyl sites for hydroxylation is 3. The van der Waals surface area contributed by atoms with Crippen LogP contribution in [-0.2, 0) is 32.8 Å². The molecule has 0 aliphatic carbocycles. The fourth-order valence-electron chi connectivity index (χ4n) is 7.10. The number of nitrogens with one attached hydrogen (secondary N) is 2. The summed E-state index contributed by atoms with van der Waals surface area (Å²) in [6, 6.07) is 6.47. The molecule has 28 heteroatoms.